The van der Waals surface area contributed by atoms with Gasteiger partial charge in [0.25, 0.3) is 11.8 Å². The fraction of sp³-hybridized carbons (Fsp3) is 0.211. The summed E-state index contributed by atoms with van der Waals surface area (Å²) in [6.45, 7) is 0. The Hall–Kier alpha value is -3.78. The number of nitrogens with zero attached hydrogens (tertiary/aromatic N) is 5. The quantitative estimate of drug-likeness (QED) is 0.280. The lowest BCUT2D eigenvalue weighted by Gasteiger charge is -2.49. The fourth-order valence-corrected chi connectivity index (χ4v) is 5.12. The number of anilines is 1. The maximum Gasteiger partial charge on any atom is 0.352 e. The van der Waals surface area contributed by atoms with Crippen molar-refractivity contribution in [2.75, 3.05) is 18.6 Å². The number of carboxylic acids is 1. The van der Waals surface area contributed by atoms with Gasteiger partial charge in [0.1, 0.15) is 29.9 Å². The molecule has 1 fully saturated rings. The summed E-state index contributed by atoms with van der Waals surface area (Å²) in [5, 5.41) is 17.3. The zero-order valence-electron chi connectivity index (χ0n) is 17.0. The van der Waals surface area contributed by atoms with Crippen LogP contribution in [0.15, 0.2) is 46.5 Å². The number of β-lactam (4-membered cyclic amide) rings is 1. The predicted molar refractivity (Wildman–Crippen MR) is 121 cm³/mol. The summed E-state index contributed by atoms with van der Waals surface area (Å²) in [4.78, 5) is 55.6. The standard InChI is InChI=1S/C19H17N7O5S2/c1-31-25-12(11-8-33-19(20)23-11)15(27)24-13-16(28)26-14(18(29)30)9(7-32-17(13)26)2-3-10-6-21-4-5-22-10/h2-6,8,13,17H,7H2,1H3,(H2,20,23)(H,24,27)(H,29,30)/t13-,17+/m1/s1. The van der Waals surface area contributed by atoms with E-state index in [9.17, 15) is 19.5 Å². The van der Waals surface area contributed by atoms with Gasteiger partial charge in [-0.05, 0) is 11.6 Å². The highest BCUT2D eigenvalue weighted by molar-refractivity contribution is 8.00. The highest BCUT2D eigenvalue weighted by atomic mass is 32.2. The fourth-order valence-electron chi connectivity index (χ4n) is 3.26. The minimum absolute atomic E-state index is 0.132. The van der Waals surface area contributed by atoms with Crippen LogP contribution in [0.1, 0.15) is 11.4 Å². The molecule has 4 rings (SSSR count). The number of thiazole rings is 1. The van der Waals surface area contributed by atoms with E-state index in [2.05, 4.69) is 25.4 Å². The Balaban J connectivity index is 1.53. The van der Waals surface area contributed by atoms with E-state index >= 15 is 0 Å². The van der Waals surface area contributed by atoms with E-state index in [1.54, 1.807) is 12.2 Å². The Morgan fingerprint density at radius 3 is 2.85 bits per heavy atom. The number of allylic oxidation sites excluding steroid dienone is 1. The van der Waals surface area contributed by atoms with Crippen LogP contribution in [0.5, 0.6) is 0 Å². The molecule has 2 aliphatic rings. The summed E-state index contributed by atoms with van der Waals surface area (Å²) in [6, 6.07) is -0.930. The highest BCUT2D eigenvalue weighted by Crippen LogP contribution is 2.40. The summed E-state index contributed by atoms with van der Waals surface area (Å²) in [7, 11) is 1.27. The number of thioether (sulfide) groups is 1. The third-order valence-corrected chi connectivity index (χ3v) is 6.66. The number of carbonyl (C=O) groups is 3. The van der Waals surface area contributed by atoms with Crippen LogP contribution in [-0.2, 0) is 19.2 Å². The molecule has 0 spiro atoms. The van der Waals surface area contributed by atoms with Crippen LogP contribution in [0, 0.1) is 0 Å². The van der Waals surface area contributed by atoms with Crippen molar-refractivity contribution in [2.24, 2.45) is 5.16 Å². The minimum atomic E-state index is -1.24. The number of nitrogens with one attached hydrogen (secondary N) is 1. The molecule has 0 aromatic carbocycles. The Labute approximate surface area is 195 Å². The summed E-state index contributed by atoms with van der Waals surface area (Å²) in [6.07, 6.45) is 7.81. The Morgan fingerprint density at radius 2 is 2.21 bits per heavy atom. The van der Waals surface area contributed by atoms with E-state index in [4.69, 9.17) is 10.6 Å². The van der Waals surface area contributed by atoms with E-state index in [-0.39, 0.29) is 22.2 Å². The number of aliphatic carboxylic acids is 1. The maximum atomic E-state index is 12.8. The molecule has 4 heterocycles. The molecule has 33 heavy (non-hydrogen) atoms. The second kappa shape index (κ2) is 9.38. The molecular formula is C19H17N7O5S2. The van der Waals surface area contributed by atoms with E-state index in [1.807, 2.05) is 0 Å². The third-order valence-electron chi connectivity index (χ3n) is 4.69. The molecule has 12 nitrogen and oxygen atoms in total. The lowest BCUT2D eigenvalue weighted by molar-refractivity contribution is -0.150. The summed E-state index contributed by atoms with van der Waals surface area (Å²) < 4.78 is 0. The molecule has 0 bridgehead atoms. The van der Waals surface area contributed by atoms with Crippen molar-refractivity contribution in [1.29, 1.82) is 0 Å². The molecule has 0 radical (unpaired) electrons. The third kappa shape index (κ3) is 4.42. The number of fused-ring (bicyclic) bond motifs is 1. The summed E-state index contributed by atoms with van der Waals surface area (Å²) in [5.74, 6) is -2.15. The number of hydrogen-bond acceptors (Lipinski definition) is 11. The zero-order chi connectivity index (χ0) is 23.5. The molecule has 170 valence electrons. The number of oxime groups is 1. The van der Waals surface area contributed by atoms with Crippen molar-refractivity contribution in [2.45, 2.75) is 11.4 Å². The SMILES string of the molecule is CON=C(C(=O)N[C@@H]1C(=O)N2C(C(=O)O)=C(C=Cc3cnccn3)CS[C@@H]12)c1csc(N)n1. The van der Waals surface area contributed by atoms with E-state index in [0.29, 0.717) is 17.0 Å². The van der Waals surface area contributed by atoms with Crippen LogP contribution < -0.4 is 11.1 Å². The lowest BCUT2D eigenvalue weighted by atomic mass is 10.0. The van der Waals surface area contributed by atoms with Crippen LogP contribution in [0.2, 0.25) is 0 Å². The van der Waals surface area contributed by atoms with Crippen LogP contribution in [0.25, 0.3) is 6.08 Å². The molecule has 2 atom stereocenters. The molecule has 2 aromatic rings. The van der Waals surface area contributed by atoms with Crippen molar-refractivity contribution in [3.8, 4) is 0 Å². The smallest absolute Gasteiger partial charge is 0.352 e. The first-order chi connectivity index (χ1) is 15.9. The van der Waals surface area contributed by atoms with E-state index in [1.165, 1.54) is 47.7 Å². The Kier molecular flexibility index (Phi) is 6.37. The first kappa shape index (κ1) is 22.4. The molecule has 0 aliphatic carbocycles. The van der Waals surface area contributed by atoms with Gasteiger partial charge in [0.2, 0.25) is 0 Å². The van der Waals surface area contributed by atoms with Crippen LogP contribution in [0.4, 0.5) is 5.13 Å². The normalized spacial score (nSPS) is 20.5. The highest BCUT2D eigenvalue weighted by Gasteiger charge is 2.54. The Bertz CT molecular complexity index is 1190. The largest absolute Gasteiger partial charge is 0.477 e. The summed E-state index contributed by atoms with van der Waals surface area (Å²) in [5.41, 5.74) is 6.56. The second-order valence-corrected chi connectivity index (χ2v) is 8.69. The van der Waals surface area contributed by atoms with Crippen molar-refractivity contribution in [3.63, 3.8) is 0 Å². The van der Waals surface area contributed by atoms with Crippen molar-refractivity contribution in [1.82, 2.24) is 25.2 Å². The molecule has 2 aliphatic heterocycles. The lowest BCUT2D eigenvalue weighted by Crippen LogP contribution is -2.71. The first-order valence-corrected chi connectivity index (χ1v) is 11.3. The number of aromatic nitrogens is 3. The van der Waals surface area contributed by atoms with Gasteiger partial charge in [-0.2, -0.15) is 0 Å². The van der Waals surface area contributed by atoms with Crippen molar-refractivity contribution in [3.05, 3.63) is 52.7 Å². The number of rotatable bonds is 7. The molecular weight excluding hydrogens is 470 g/mol. The number of amides is 2. The molecule has 14 heteroatoms. The van der Waals surface area contributed by atoms with Crippen LogP contribution in [-0.4, -0.2) is 72.7 Å². The van der Waals surface area contributed by atoms with Gasteiger partial charge in [-0.1, -0.05) is 11.2 Å². The van der Waals surface area contributed by atoms with Gasteiger partial charge in [-0.3, -0.25) is 24.5 Å². The van der Waals surface area contributed by atoms with Gasteiger partial charge in [0, 0.05) is 23.5 Å². The van der Waals surface area contributed by atoms with Crippen molar-refractivity contribution < 1.29 is 24.3 Å². The summed E-state index contributed by atoms with van der Waals surface area (Å²) >= 11 is 2.46. The average Bonchev–Trinajstić information content (AvgIpc) is 3.25. The molecule has 0 saturated carbocycles. The van der Waals surface area contributed by atoms with Gasteiger partial charge in [-0.25, -0.2) is 9.78 Å². The molecule has 2 amide bonds. The van der Waals surface area contributed by atoms with Gasteiger partial charge < -0.3 is 21.0 Å². The zero-order valence-corrected chi connectivity index (χ0v) is 18.7. The predicted octanol–water partition coefficient (Wildman–Crippen LogP) is 0.318. The molecule has 0 unspecified atom stereocenters. The maximum absolute atomic E-state index is 12.8. The van der Waals surface area contributed by atoms with Crippen molar-refractivity contribution >= 4 is 57.8 Å². The molecule has 2 aromatic heterocycles. The van der Waals surface area contributed by atoms with Crippen LogP contribution in [0.3, 0.4) is 0 Å². The van der Waals surface area contributed by atoms with E-state index < -0.39 is 29.2 Å². The monoisotopic (exact) mass is 487 g/mol. The average molecular weight is 488 g/mol. The van der Waals surface area contributed by atoms with E-state index in [0.717, 1.165) is 11.3 Å². The van der Waals surface area contributed by atoms with Crippen LogP contribution >= 0.6 is 23.1 Å². The van der Waals surface area contributed by atoms with Gasteiger partial charge in [-0.15, -0.1) is 23.1 Å². The van der Waals surface area contributed by atoms with Gasteiger partial charge >= 0.3 is 5.97 Å². The topological polar surface area (TPSA) is 173 Å². The van der Waals surface area contributed by atoms with Gasteiger partial charge in [0.05, 0.1) is 11.9 Å². The van der Waals surface area contributed by atoms with Gasteiger partial charge in [0.15, 0.2) is 10.8 Å². The molecule has 4 N–H and O–H groups in total. The number of carbonyl (C=O) groups excluding carboxylic acids is 2. The number of nitrogens with two attached hydrogens (primary N) is 1. The first-order valence-electron chi connectivity index (χ1n) is 9.39. The molecule has 1 saturated heterocycles. The Morgan fingerprint density at radius 1 is 1.39 bits per heavy atom. The second-order valence-electron chi connectivity index (χ2n) is 6.70. The number of carboxylic acid groups (broad SMARTS) is 1. The minimum Gasteiger partial charge on any atom is -0.477 e. The number of nitrogen functional groups attached to an aromatic ring is 1. The number of hydrogen-bond donors (Lipinski definition) is 3.